The van der Waals surface area contributed by atoms with E-state index in [9.17, 15) is 9.59 Å². The molecule has 12 heteroatoms. The molecule has 0 spiro atoms. The lowest BCUT2D eigenvalue weighted by Crippen LogP contribution is -2.54. The van der Waals surface area contributed by atoms with Gasteiger partial charge in [0.2, 0.25) is 5.91 Å². The van der Waals surface area contributed by atoms with Crippen LogP contribution >= 0.6 is 11.8 Å². The van der Waals surface area contributed by atoms with E-state index in [0.717, 1.165) is 4.90 Å². The van der Waals surface area contributed by atoms with Gasteiger partial charge in [-0.15, -0.1) is 11.8 Å². The highest BCUT2D eigenvalue weighted by atomic mass is 32.2. The number of hydrogen-bond donors (Lipinski definition) is 1. The summed E-state index contributed by atoms with van der Waals surface area (Å²) in [5.41, 5.74) is 0.697. The van der Waals surface area contributed by atoms with Gasteiger partial charge in [-0.05, 0) is 49.4 Å². The van der Waals surface area contributed by atoms with Crippen molar-refractivity contribution in [1.82, 2.24) is 24.4 Å². The van der Waals surface area contributed by atoms with Gasteiger partial charge in [0.25, 0.3) is 0 Å². The van der Waals surface area contributed by atoms with Gasteiger partial charge in [0.1, 0.15) is 17.3 Å². The van der Waals surface area contributed by atoms with Crippen molar-refractivity contribution >= 4 is 40.2 Å². The van der Waals surface area contributed by atoms with Gasteiger partial charge >= 0.3 is 5.69 Å². The number of halogens is 2. The third-order valence-electron chi connectivity index (χ3n) is 7.61. The molecule has 4 aromatic rings. The predicted octanol–water partition coefficient (Wildman–Crippen LogP) is 5.23. The largest absolute Gasteiger partial charge is 0.387 e. The Labute approximate surface area is 252 Å². The Bertz CT molecular complexity index is 1790. The Balaban J connectivity index is 1.86. The van der Waals surface area contributed by atoms with E-state index in [4.69, 9.17) is 4.98 Å². The first kappa shape index (κ1) is 30.1. The summed E-state index contributed by atoms with van der Waals surface area (Å²) in [7, 11) is 1.61. The van der Waals surface area contributed by atoms with Gasteiger partial charge in [0.05, 0.1) is 22.3 Å². The number of hydrogen-bond acceptors (Lipinski definition) is 8. The molecule has 1 aliphatic heterocycles. The van der Waals surface area contributed by atoms with Crippen LogP contribution in [0, 0.1) is 11.6 Å². The normalized spacial score (nSPS) is 15.3. The molecule has 1 fully saturated rings. The highest BCUT2D eigenvalue weighted by Crippen LogP contribution is 2.37. The van der Waals surface area contributed by atoms with Crippen molar-refractivity contribution in [2.75, 3.05) is 43.2 Å². The molecule has 1 aromatic carbocycles. The number of carbonyl (C=O) groups excluding carboxylic acids is 1. The summed E-state index contributed by atoms with van der Waals surface area (Å²) in [4.78, 5) is 44.4. The van der Waals surface area contributed by atoms with Crippen LogP contribution in [0.4, 0.5) is 20.3 Å². The molecule has 0 saturated carbocycles. The quantitative estimate of drug-likeness (QED) is 0.226. The zero-order valence-corrected chi connectivity index (χ0v) is 25.5. The molecule has 9 nitrogen and oxygen atoms in total. The van der Waals surface area contributed by atoms with Crippen LogP contribution in [0.3, 0.4) is 0 Å². The molecule has 0 bridgehead atoms. The number of thioether (sulfide) groups is 1. The molecule has 0 aliphatic carbocycles. The number of pyridine rings is 2. The Morgan fingerprint density at radius 3 is 2.60 bits per heavy atom. The number of aromatic nitrogens is 4. The molecule has 43 heavy (non-hydrogen) atoms. The molecule has 1 saturated heterocycles. The van der Waals surface area contributed by atoms with Crippen molar-refractivity contribution in [3.8, 4) is 16.9 Å². The predicted molar refractivity (Wildman–Crippen MR) is 167 cm³/mol. The van der Waals surface area contributed by atoms with Crippen LogP contribution in [0.2, 0.25) is 0 Å². The van der Waals surface area contributed by atoms with Crippen LogP contribution in [0.25, 0.3) is 28.0 Å². The van der Waals surface area contributed by atoms with E-state index in [1.54, 1.807) is 30.3 Å². The molecule has 1 atom stereocenters. The number of nitrogens with zero attached hydrogens (tertiary/aromatic N) is 6. The van der Waals surface area contributed by atoms with Crippen molar-refractivity contribution < 1.29 is 13.6 Å². The summed E-state index contributed by atoms with van der Waals surface area (Å²) < 4.78 is 32.7. The number of amides is 1. The minimum absolute atomic E-state index is 0.0490. The van der Waals surface area contributed by atoms with Crippen molar-refractivity contribution in [1.29, 1.82) is 0 Å². The number of nitrogens with one attached hydrogen (secondary N) is 1. The van der Waals surface area contributed by atoms with E-state index in [2.05, 4.69) is 21.9 Å². The van der Waals surface area contributed by atoms with Gasteiger partial charge in [0, 0.05) is 49.5 Å². The van der Waals surface area contributed by atoms with Crippen LogP contribution < -0.4 is 15.9 Å². The second kappa shape index (κ2) is 12.1. The van der Waals surface area contributed by atoms with Crippen LogP contribution in [-0.2, 0) is 4.79 Å². The van der Waals surface area contributed by atoms with Gasteiger partial charge < -0.3 is 15.1 Å². The third kappa shape index (κ3) is 5.35. The smallest absolute Gasteiger partial charge is 0.355 e. The third-order valence-corrected chi connectivity index (χ3v) is 8.38. The maximum atomic E-state index is 16.1. The van der Waals surface area contributed by atoms with E-state index in [1.165, 1.54) is 40.6 Å². The van der Waals surface area contributed by atoms with Crippen molar-refractivity contribution in [2.24, 2.45) is 0 Å². The summed E-state index contributed by atoms with van der Waals surface area (Å²) in [5.74, 6) is -1.44. The van der Waals surface area contributed by atoms with E-state index in [0.29, 0.717) is 36.7 Å². The van der Waals surface area contributed by atoms with Crippen molar-refractivity contribution in [3.63, 3.8) is 0 Å². The second-order valence-electron chi connectivity index (χ2n) is 10.6. The van der Waals surface area contributed by atoms with E-state index >= 15 is 8.78 Å². The lowest BCUT2D eigenvalue weighted by molar-refractivity contribution is -0.126. The maximum absolute atomic E-state index is 16.1. The average Bonchev–Trinajstić information content (AvgIpc) is 3.00. The monoisotopic (exact) mass is 605 g/mol. The molecule has 1 amide bonds. The number of carbonyl (C=O) groups is 1. The zero-order valence-electron chi connectivity index (χ0n) is 24.7. The van der Waals surface area contributed by atoms with E-state index in [-0.39, 0.29) is 46.0 Å². The Kier molecular flexibility index (Phi) is 8.50. The first-order valence-corrected chi connectivity index (χ1v) is 15.1. The Morgan fingerprint density at radius 1 is 1.19 bits per heavy atom. The second-order valence-corrected chi connectivity index (χ2v) is 11.4. The molecule has 224 valence electrons. The molecule has 5 rings (SSSR count). The van der Waals surface area contributed by atoms with Gasteiger partial charge in [-0.1, -0.05) is 26.5 Å². The van der Waals surface area contributed by atoms with Crippen LogP contribution in [0.1, 0.15) is 32.4 Å². The summed E-state index contributed by atoms with van der Waals surface area (Å²) in [6.45, 7) is 10.5. The molecule has 1 N–H and O–H groups in total. The molecule has 3 aromatic heterocycles. The summed E-state index contributed by atoms with van der Waals surface area (Å²) in [6.07, 6.45) is 4.84. The number of fused-ring (bicyclic) bond motifs is 1. The van der Waals surface area contributed by atoms with Gasteiger partial charge in [-0.25, -0.2) is 23.1 Å². The minimum atomic E-state index is -0.768. The molecule has 4 heterocycles. The fourth-order valence-electron chi connectivity index (χ4n) is 5.54. The van der Waals surface area contributed by atoms with Crippen molar-refractivity contribution in [3.05, 3.63) is 77.0 Å². The highest BCUT2D eigenvalue weighted by molar-refractivity contribution is 7.98. The number of rotatable bonds is 7. The molecule has 0 radical (unpaired) electrons. The number of piperazine rings is 1. The Morgan fingerprint density at radius 2 is 1.95 bits per heavy atom. The fourth-order valence-corrected chi connectivity index (χ4v) is 6.13. The van der Waals surface area contributed by atoms with Crippen LogP contribution in [0.15, 0.2) is 58.9 Å². The van der Waals surface area contributed by atoms with Crippen LogP contribution in [0.5, 0.6) is 0 Å². The SMILES string of the molecule is C=CC(=O)N1CCN(c2nc(=O)n(-c3c(SC)ccnc3C(C)C)c3nc(-c4c(F)cccc4NC)c(F)cc23)[C@@H](C)C1. The van der Waals surface area contributed by atoms with Gasteiger partial charge in [-0.3, -0.25) is 9.78 Å². The zero-order chi connectivity index (χ0) is 31.0. The topological polar surface area (TPSA) is 96.3 Å². The molecular weight excluding hydrogens is 572 g/mol. The van der Waals surface area contributed by atoms with Crippen molar-refractivity contribution in [2.45, 2.75) is 37.6 Å². The molecular formula is C31H33F2N7O2S. The first-order valence-electron chi connectivity index (χ1n) is 13.9. The van der Waals surface area contributed by atoms with E-state index in [1.807, 2.05) is 31.9 Å². The fraction of sp³-hybridized carbons (Fsp3) is 0.323. The van der Waals surface area contributed by atoms with Gasteiger partial charge in [-0.2, -0.15) is 4.98 Å². The number of benzene rings is 1. The summed E-state index contributed by atoms with van der Waals surface area (Å²) in [6, 6.07) is 7.21. The minimum Gasteiger partial charge on any atom is -0.387 e. The van der Waals surface area contributed by atoms with E-state index < -0.39 is 17.3 Å². The summed E-state index contributed by atoms with van der Waals surface area (Å²) >= 11 is 1.43. The van der Waals surface area contributed by atoms with Crippen LogP contribution in [-0.4, -0.2) is 69.3 Å². The van der Waals surface area contributed by atoms with Gasteiger partial charge in [0.15, 0.2) is 11.5 Å². The maximum Gasteiger partial charge on any atom is 0.355 e. The first-order chi connectivity index (χ1) is 20.6. The standard InChI is InChI=1S/C31H33F2N7O2S/c1-7-24(41)38-13-14-39(18(4)16-38)29-19-15-21(33)27(25-20(32)9-8-10-22(25)34-5)36-30(19)40(31(42)37-29)28-23(43-6)11-12-35-26(28)17(2)3/h7-12,15,17-18,34H,1,13-14,16H2,2-6H3/t18-/m0/s1. The average molecular weight is 606 g/mol. The lowest BCUT2D eigenvalue weighted by atomic mass is 10.1. The number of anilines is 2. The highest BCUT2D eigenvalue weighted by Gasteiger charge is 2.31. The molecule has 1 aliphatic rings. The lowest BCUT2D eigenvalue weighted by Gasteiger charge is -2.40. The Hall–Kier alpha value is -4.32. The molecule has 0 unspecified atom stereocenters. The summed E-state index contributed by atoms with van der Waals surface area (Å²) in [5, 5.41) is 3.19.